The van der Waals surface area contributed by atoms with E-state index in [0.29, 0.717) is 42.7 Å². The zero-order chi connectivity index (χ0) is 23.6. The molecule has 0 spiro atoms. The van der Waals surface area contributed by atoms with Crippen molar-refractivity contribution in [3.63, 3.8) is 0 Å². The molecule has 2 N–H and O–H groups in total. The van der Waals surface area contributed by atoms with E-state index in [1.165, 1.54) is 5.57 Å². The lowest BCUT2D eigenvalue weighted by Gasteiger charge is -2.39. The van der Waals surface area contributed by atoms with Gasteiger partial charge in [0, 0.05) is 17.4 Å². The summed E-state index contributed by atoms with van der Waals surface area (Å²) in [7, 11) is 0. The summed E-state index contributed by atoms with van der Waals surface area (Å²) < 4.78 is 0. The number of anilines is 1. The van der Waals surface area contributed by atoms with Crippen molar-refractivity contribution in [2.75, 3.05) is 4.90 Å². The molecule has 2 aliphatic rings. The first kappa shape index (κ1) is 24.5. The fourth-order valence-corrected chi connectivity index (χ4v) is 5.49. The van der Waals surface area contributed by atoms with Gasteiger partial charge in [0.15, 0.2) is 0 Å². The SMILES string of the molecule is CC1=CC[C@H](C(=O)N(c2cc(C#CC(C)(C)C)sc2C(=O)O)[C@H]2CC[C@H](O)CC2)[C@@H](C)C1. The minimum atomic E-state index is -1.03. The fraction of sp³-hybridized carbons (Fsp3) is 0.615. The van der Waals surface area contributed by atoms with Crippen molar-refractivity contribution in [1.29, 1.82) is 0 Å². The van der Waals surface area contributed by atoms with Crippen LogP contribution in [0.15, 0.2) is 17.7 Å². The summed E-state index contributed by atoms with van der Waals surface area (Å²) in [6, 6.07) is 1.67. The highest BCUT2D eigenvalue weighted by atomic mass is 32.1. The second-order valence-corrected chi connectivity index (χ2v) is 11.4. The normalized spacial score (nSPS) is 26.0. The first-order valence-corrected chi connectivity index (χ1v) is 12.3. The lowest BCUT2D eigenvalue weighted by atomic mass is 9.79. The maximum Gasteiger partial charge on any atom is 0.348 e. The number of carbonyl (C=O) groups is 2. The zero-order valence-electron chi connectivity index (χ0n) is 19.8. The molecule has 1 aromatic heterocycles. The number of hydrogen-bond donors (Lipinski definition) is 2. The van der Waals surface area contributed by atoms with Gasteiger partial charge in [0.05, 0.1) is 16.7 Å². The van der Waals surface area contributed by atoms with E-state index in [1.54, 1.807) is 11.0 Å². The average Bonchev–Trinajstić information content (AvgIpc) is 3.12. The molecule has 2 aliphatic carbocycles. The van der Waals surface area contributed by atoms with E-state index in [0.717, 1.165) is 17.8 Å². The van der Waals surface area contributed by atoms with Gasteiger partial charge in [-0.05, 0) is 78.2 Å². The molecule has 1 amide bonds. The number of aliphatic hydroxyl groups excluding tert-OH is 1. The molecule has 0 saturated heterocycles. The van der Waals surface area contributed by atoms with E-state index >= 15 is 0 Å². The van der Waals surface area contributed by atoms with Gasteiger partial charge in [-0.3, -0.25) is 4.79 Å². The molecule has 5 nitrogen and oxygen atoms in total. The molecule has 174 valence electrons. The predicted octanol–water partition coefficient (Wildman–Crippen LogP) is 5.47. The molecule has 1 aromatic rings. The van der Waals surface area contributed by atoms with Crippen LogP contribution in [0.1, 0.15) is 87.7 Å². The van der Waals surface area contributed by atoms with Gasteiger partial charge in [-0.15, -0.1) is 11.3 Å². The quantitative estimate of drug-likeness (QED) is 0.464. The molecule has 6 heteroatoms. The van der Waals surface area contributed by atoms with Gasteiger partial charge in [-0.1, -0.05) is 30.4 Å². The van der Waals surface area contributed by atoms with Crippen LogP contribution >= 0.6 is 11.3 Å². The Morgan fingerprint density at radius 3 is 2.41 bits per heavy atom. The first-order valence-electron chi connectivity index (χ1n) is 11.5. The van der Waals surface area contributed by atoms with Gasteiger partial charge in [0.2, 0.25) is 5.91 Å². The Bertz CT molecular complexity index is 951. The topological polar surface area (TPSA) is 77.8 Å². The lowest BCUT2D eigenvalue weighted by Crippen LogP contribution is -2.48. The summed E-state index contributed by atoms with van der Waals surface area (Å²) in [5.41, 5.74) is 1.56. The van der Waals surface area contributed by atoms with E-state index in [2.05, 4.69) is 31.8 Å². The molecule has 1 fully saturated rings. The van der Waals surface area contributed by atoms with Crippen LogP contribution in [-0.2, 0) is 4.79 Å². The second-order valence-electron chi connectivity index (χ2n) is 10.4. The van der Waals surface area contributed by atoms with Crippen molar-refractivity contribution < 1.29 is 19.8 Å². The Hall–Kier alpha value is -2.10. The number of amides is 1. The van der Waals surface area contributed by atoms with Crippen LogP contribution in [0, 0.1) is 29.1 Å². The lowest BCUT2D eigenvalue weighted by molar-refractivity contribution is -0.124. The number of carboxylic acid groups (broad SMARTS) is 1. The van der Waals surface area contributed by atoms with Crippen LogP contribution in [0.3, 0.4) is 0 Å². The number of aliphatic hydroxyl groups is 1. The third kappa shape index (κ3) is 5.82. The number of carbonyl (C=O) groups excluding carboxylic acids is 1. The number of rotatable bonds is 4. The maximum absolute atomic E-state index is 13.9. The van der Waals surface area contributed by atoms with Crippen molar-refractivity contribution in [2.24, 2.45) is 17.3 Å². The molecule has 0 unspecified atom stereocenters. The van der Waals surface area contributed by atoms with Gasteiger partial charge in [0.1, 0.15) is 4.88 Å². The van der Waals surface area contributed by atoms with Crippen molar-refractivity contribution in [1.82, 2.24) is 0 Å². The van der Waals surface area contributed by atoms with Gasteiger partial charge in [0.25, 0.3) is 0 Å². The molecule has 32 heavy (non-hydrogen) atoms. The molecule has 1 heterocycles. The number of carboxylic acids is 1. The summed E-state index contributed by atoms with van der Waals surface area (Å²) in [5, 5.41) is 20.0. The van der Waals surface area contributed by atoms with Crippen LogP contribution in [0.4, 0.5) is 5.69 Å². The highest BCUT2D eigenvalue weighted by Crippen LogP contribution is 2.39. The number of thiophene rings is 1. The molecule has 0 radical (unpaired) electrons. The molecular weight excluding hydrogens is 422 g/mol. The minimum Gasteiger partial charge on any atom is -0.477 e. The third-order valence-corrected chi connectivity index (χ3v) is 7.39. The molecule has 0 aromatic carbocycles. The van der Waals surface area contributed by atoms with Crippen LogP contribution in [-0.4, -0.2) is 34.2 Å². The number of allylic oxidation sites excluding steroid dienone is 2. The van der Waals surface area contributed by atoms with E-state index in [1.807, 2.05) is 20.8 Å². The molecule has 0 aliphatic heterocycles. The monoisotopic (exact) mass is 457 g/mol. The number of aromatic carboxylic acids is 1. The fourth-order valence-electron chi connectivity index (χ4n) is 4.65. The van der Waals surface area contributed by atoms with E-state index in [4.69, 9.17) is 0 Å². The van der Waals surface area contributed by atoms with Gasteiger partial charge >= 0.3 is 5.97 Å². The van der Waals surface area contributed by atoms with Gasteiger partial charge in [-0.2, -0.15) is 0 Å². The first-order chi connectivity index (χ1) is 15.0. The molecule has 2 atom stereocenters. The summed E-state index contributed by atoms with van der Waals surface area (Å²) in [6.45, 7) is 10.2. The number of hydrogen-bond acceptors (Lipinski definition) is 4. The Morgan fingerprint density at radius 1 is 1.19 bits per heavy atom. The Balaban J connectivity index is 2.04. The predicted molar refractivity (Wildman–Crippen MR) is 129 cm³/mol. The van der Waals surface area contributed by atoms with Crippen LogP contribution in [0.5, 0.6) is 0 Å². The Labute approximate surface area is 195 Å². The van der Waals surface area contributed by atoms with E-state index in [9.17, 15) is 19.8 Å². The van der Waals surface area contributed by atoms with Crippen LogP contribution in [0.25, 0.3) is 0 Å². The summed E-state index contributed by atoms with van der Waals surface area (Å²) in [5.74, 6) is 5.29. The molecule has 1 saturated carbocycles. The van der Waals surface area contributed by atoms with Gasteiger partial charge < -0.3 is 15.1 Å². The average molecular weight is 458 g/mol. The number of nitrogens with zero attached hydrogens (tertiary/aromatic N) is 1. The van der Waals surface area contributed by atoms with E-state index in [-0.39, 0.29) is 40.2 Å². The maximum atomic E-state index is 13.9. The van der Waals surface area contributed by atoms with Crippen molar-refractivity contribution in [3.05, 3.63) is 27.5 Å². The standard InChI is InChI=1S/C26H35NO4S/c1-16-6-11-21(17(2)14-16)24(29)27(18-7-9-19(28)10-8-18)22-15-20(12-13-26(3,4)5)32-23(22)25(30)31/h6,15,17-19,21,28H,7-11,14H2,1-5H3,(H,30,31)/t17-,18-,19-,21-/m0/s1. The smallest absolute Gasteiger partial charge is 0.348 e. The van der Waals surface area contributed by atoms with Crippen molar-refractivity contribution in [3.8, 4) is 11.8 Å². The molecule has 0 bridgehead atoms. The van der Waals surface area contributed by atoms with Gasteiger partial charge in [-0.25, -0.2) is 4.79 Å². The summed E-state index contributed by atoms with van der Waals surface area (Å²) in [4.78, 5) is 28.6. The van der Waals surface area contributed by atoms with Crippen molar-refractivity contribution in [2.45, 2.75) is 85.3 Å². The molecular formula is C26H35NO4S. The largest absolute Gasteiger partial charge is 0.477 e. The van der Waals surface area contributed by atoms with E-state index < -0.39 is 5.97 Å². The second kappa shape index (κ2) is 9.80. The zero-order valence-corrected chi connectivity index (χ0v) is 20.6. The molecule has 3 rings (SSSR count). The Kier molecular flexibility index (Phi) is 7.52. The minimum absolute atomic E-state index is 0.00160. The summed E-state index contributed by atoms with van der Waals surface area (Å²) in [6.07, 6.45) is 5.93. The van der Waals surface area contributed by atoms with Crippen LogP contribution in [0.2, 0.25) is 0 Å². The summed E-state index contributed by atoms with van der Waals surface area (Å²) >= 11 is 1.14. The Morgan fingerprint density at radius 2 is 1.84 bits per heavy atom. The van der Waals surface area contributed by atoms with Crippen molar-refractivity contribution >= 4 is 28.9 Å². The highest BCUT2D eigenvalue weighted by Gasteiger charge is 2.38. The highest BCUT2D eigenvalue weighted by molar-refractivity contribution is 7.15. The third-order valence-electron chi connectivity index (χ3n) is 6.36. The van der Waals surface area contributed by atoms with Crippen LogP contribution < -0.4 is 4.90 Å².